The van der Waals surface area contributed by atoms with Gasteiger partial charge < -0.3 is 9.15 Å². The summed E-state index contributed by atoms with van der Waals surface area (Å²) in [5.74, 6) is -1.08. The van der Waals surface area contributed by atoms with Crippen LogP contribution < -0.4 is 0 Å². The number of oxazole rings is 1. The molecule has 0 unspecified atom stereocenters. The Kier molecular flexibility index (Phi) is 3.76. The molecule has 0 saturated carbocycles. The lowest BCUT2D eigenvalue weighted by Gasteiger charge is -2.03. The normalized spacial score (nSPS) is 10.4. The highest BCUT2D eigenvalue weighted by Crippen LogP contribution is 2.28. The Bertz CT molecular complexity index is 582. The van der Waals surface area contributed by atoms with E-state index in [1.807, 2.05) is 0 Å². The van der Waals surface area contributed by atoms with Crippen molar-refractivity contribution in [1.82, 2.24) is 4.98 Å². The summed E-state index contributed by atoms with van der Waals surface area (Å²) in [5.41, 5.74) is 0.136. The van der Waals surface area contributed by atoms with Gasteiger partial charge in [-0.1, -0.05) is 15.9 Å². The number of esters is 1. The van der Waals surface area contributed by atoms with Crippen molar-refractivity contribution in [1.29, 1.82) is 0 Å². The molecular formula is C12H9BrFNO3. The molecule has 0 spiro atoms. The van der Waals surface area contributed by atoms with Crippen LogP contribution in [0.25, 0.3) is 11.3 Å². The number of rotatable bonds is 3. The maximum atomic E-state index is 13.8. The predicted molar refractivity (Wildman–Crippen MR) is 65.6 cm³/mol. The Morgan fingerprint density at radius 3 is 3.00 bits per heavy atom. The summed E-state index contributed by atoms with van der Waals surface area (Å²) in [6.45, 7) is 1.89. The molecule has 4 nitrogen and oxygen atoms in total. The number of hydrogen-bond donors (Lipinski definition) is 0. The van der Waals surface area contributed by atoms with Crippen LogP contribution in [0, 0.1) is 5.82 Å². The fourth-order valence-corrected chi connectivity index (χ4v) is 1.79. The highest BCUT2D eigenvalue weighted by atomic mass is 79.9. The van der Waals surface area contributed by atoms with E-state index in [4.69, 9.17) is 9.15 Å². The quantitative estimate of drug-likeness (QED) is 0.815. The van der Waals surface area contributed by atoms with E-state index < -0.39 is 11.8 Å². The summed E-state index contributed by atoms with van der Waals surface area (Å²) >= 11 is 3.15. The van der Waals surface area contributed by atoms with Crippen LogP contribution >= 0.6 is 15.9 Å². The topological polar surface area (TPSA) is 52.3 Å². The minimum atomic E-state index is -0.636. The SMILES string of the molecule is CCOC(=O)c1ncoc1-c1ccc(Br)cc1F. The number of ether oxygens (including phenoxy) is 1. The molecule has 2 rings (SSSR count). The highest BCUT2D eigenvalue weighted by Gasteiger charge is 2.21. The molecule has 0 saturated heterocycles. The number of hydrogen-bond acceptors (Lipinski definition) is 4. The van der Waals surface area contributed by atoms with E-state index in [9.17, 15) is 9.18 Å². The van der Waals surface area contributed by atoms with Crippen molar-refractivity contribution in [2.24, 2.45) is 0 Å². The van der Waals surface area contributed by atoms with E-state index in [1.165, 1.54) is 12.1 Å². The number of nitrogens with zero attached hydrogens (tertiary/aromatic N) is 1. The Balaban J connectivity index is 2.45. The third-order valence-corrected chi connectivity index (χ3v) is 2.71. The molecule has 18 heavy (non-hydrogen) atoms. The van der Waals surface area contributed by atoms with Crippen LogP contribution in [0.2, 0.25) is 0 Å². The molecule has 0 N–H and O–H groups in total. The number of carbonyl (C=O) groups is 1. The first-order chi connectivity index (χ1) is 8.63. The first kappa shape index (κ1) is 12.8. The molecule has 0 atom stereocenters. The number of aromatic nitrogens is 1. The van der Waals surface area contributed by atoms with E-state index in [0.717, 1.165) is 6.39 Å². The summed E-state index contributed by atoms with van der Waals surface area (Å²) in [5, 5.41) is 0. The molecule has 0 aliphatic carbocycles. The molecule has 0 aliphatic heterocycles. The predicted octanol–water partition coefficient (Wildman–Crippen LogP) is 3.42. The lowest BCUT2D eigenvalue weighted by atomic mass is 10.1. The zero-order chi connectivity index (χ0) is 13.1. The summed E-state index contributed by atoms with van der Waals surface area (Å²) < 4.78 is 24.3. The Morgan fingerprint density at radius 2 is 2.33 bits per heavy atom. The van der Waals surface area contributed by atoms with Crippen molar-refractivity contribution < 1.29 is 18.3 Å². The van der Waals surface area contributed by atoms with Gasteiger partial charge >= 0.3 is 5.97 Å². The lowest BCUT2D eigenvalue weighted by Crippen LogP contribution is -2.06. The Morgan fingerprint density at radius 1 is 1.56 bits per heavy atom. The molecular weight excluding hydrogens is 305 g/mol. The molecule has 0 radical (unpaired) electrons. The van der Waals surface area contributed by atoms with Crippen LogP contribution in [0.4, 0.5) is 4.39 Å². The van der Waals surface area contributed by atoms with E-state index in [1.54, 1.807) is 13.0 Å². The highest BCUT2D eigenvalue weighted by molar-refractivity contribution is 9.10. The Hall–Kier alpha value is -1.69. The summed E-state index contributed by atoms with van der Waals surface area (Å²) in [6, 6.07) is 4.44. The van der Waals surface area contributed by atoms with Gasteiger partial charge in [0.15, 0.2) is 17.8 Å². The van der Waals surface area contributed by atoms with Crippen LogP contribution in [0.3, 0.4) is 0 Å². The fraction of sp³-hybridized carbons (Fsp3) is 0.167. The molecule has 1 aromatic heterocycles. The molecule has 94 valence electrons. The van der Waals surface area contributed by atoms with Crippen molar-refractivity contribution in [2.45, 2.75) is 6.92 Å². The van der Waals surface area contributed by atoms with Gasteiger partial charge in [0.2, 0.25) is 0 Å². The molecule has 6 heteroatoms. The maximum Gasteiger partial charge on any atom is 0.360 e. The van der Waals surface area contributed by atoms with Gasteiger partial charge in [-0.15, -0.1) is 0 Å². The Labute approximate surface area is 111 Å². The van der Waals surface area contributed by atoms with Gasteiger partial charge in [0.1, 0.15) is 5.82 Å². The molecule has 1 aromatic carbocycles. The zero-order valence-electron chi connectivity index (χ0n) is 9.44. The van der Waals surface area contributed by atoms with Crippen LogP contribution in [-0.4, -0.2) is 17.6 Å². The van der Waals surface area contributed by atoms with Crippen molar-refractivity contribution in [3.05, 3.63) is 40.6 Å². The van der Waals surface area contributed by atoms with Crippen LogP contribution in [0.15, 0.2) is 33.5 Å². The van der Waals surface area contributed by atoms with E-state index >= 15 is 0 Å². The largest absolute Gasteiger partial charge is 0.461 e. The average Bonchev–Trinajstić information content (AvgIpc) is 2.78. The molecule has 0 fully saturated rings. The zero-order valence-corrected chi connectivity index (χ0v) is 11.0. The first-order valence-corrected chi connectivity index (χ1v) is 5.98. The van der Waals surface area contributed by atoms with E-state index in [0.29, 0.717) is 4.47 Å². The van der Waals surface area contributed by atoms with Gasteiger partial charge in [-0.25, -0.2) is 14.2 Å². The minimum absolute atomic E-state index is 0.0296. The first-order valence-electron chi connectivity index (χ1n) is 5.19. The van der Waals surface area contributed by atoms with Gasteiger partial charge in [0.05, 0.1) is 12.2 Å². The van der Waals surface area contributed by atoms with Crippen molar-refractivity contribution in [2.75, 3.05) is 6.61 Å². The van der Waals surface area contributed by atoms with Crippen molar-refractivity contribution >= 4 is 21.9 Å². The van der Waals surface area contributed by atoms with Gasteiger partial charge in [-0.2, -0.15) is 0 Å². The summed E-state index contributed by atoms with van der Waals surface area (Å²) in [7, 11) is 0. The number of carbonyl (C=O) groups excluding carboxylic acids is 1. The second-order valence-electron chi connectivity index (χ2n) is 3.37. The maximum absolute atomic E-state index is 13.8. The van der Waals surface area contributed by atoms with Crippen molar-refractivity contribution in [3.63, 3.8) is 0 Å². The third-order valence-electron chi connectivity index (χ3n) is 2.21. The molecule has 2 aromatic rings. The lowest BCUT2D eigenvalue weighted by molar-refractivity contribution is 0.0520. The van der Waals surface area contributed by atoms with Crippen LogP contribution in [0.5, 0.6) is 0 Å². The second-order valence-corrected chi connectivity index (χ2v) is 4.29. The van der Waals surface area contributed by atoms with E-state index in [2.05, 4.69) is 20.9 Å². The minimum Gasteiger partial charge on any atom is -0.461 e. The number of halogens is 2. The average molecular weight is 314 g/mol. The number of benzene rings is 1. The summed E-state index contributed by atoms with van der Waals surface area (Å²) in [4.78, 5) is 15.4. The monoisotopic (exact) mass is 313 g/mol. The van der Waals surface area contributed by atoms with E-state index in [-0.39, 0.29) is 23.6 Å². The van der Waals surface area contributed by atoms with Crippen LogP contribution in [-0.2, 0) is 4.74 Å². The third kappa shape index (κ3) is 2.43. The molecule has 0 aliphatic rings. The van der Waals surface area contributed by atoms with Gasteiger partial charge in [-0.3, -0.25) is 0 Å². The molecule has 0 bridgehead atoms. The van der Waals surface area contributed by atoms with Crippen molar-refractivity contribution in [3.8, 4) is 11.3 Å². The van der Waals surface area contributed by atoms with Crippen LogP contribution in [0.1, 0.15) is 17.4 Å². The van der Waals surface area contributed by atoms with Gasteiger partial charge in [0, 0.05) is 4.47 Å². The smallest absolute Gasteiger partial charge is 0.360 e. The standard InChI is InChI=1S/C12H9BrFNO3/c1-2-17-12(16)10-11(18-6-15-10)8-4-3-7(13)5-9(8)14/h3-6H,2H2,1H3. The fourth-order valence-electron chi connectivity index (χ4n) is 1.46. The van der Waals surface area contributed by atoms with Gasteiger partial charge in [0.25, 0.3) is 0 Å². The second kappa shape index (κ2) is 5.30. The molecule has 1 heterocycles. The summed E-state index contributed by atoms with van der Waals surface area (Å²) in [6.07, 6.45) is 1.09. The molecule has 0 amide bonds. The van der Waals surface area contributed by atoms with Gasteiger partial charge in [-0.05, 0) is 25.1 Å².